The Hall–Kier alpha value is -1.85. The van der Waals surface area contributed by atoms with Crippen LogP contribution in [-0.4, -0.2) is 32.3 Å². The fourth-order valence-electron chi connectivity index (χ4n) is 3.61. The molecule has 114 valence electrons. The van der Waals surface area contributed by atoms with Crippen LogP contribution in [0.5, 0.6) is 0 Å². The number of carboxylic acid groups (broad SMARTS) is 1. The van der Waals surface area contributed by atoms with Crippen LogP contribution < -0.4 is 5.32 Å². The molecule has 1 aromatic heterocycles. The van der Waals surface area contributed by atoms with E-state index in [-0.39, 0.29) is 12.3 Å². The van der Waals surface area contributed by atoms with Crippen LogP contribution in [0.25, 0.3) is 0 Å². The standard InChI is InChI=1S/C15H21N3O3/c19-13(20)9-15(6-2-3-7-15)17-14(21)11-10-16-18-8-4-1-5-12(11)18/h10H,1-9H2,(H,17,21)(H,19,20). The molecule has 0 spiro atoms. The molecular formula is C15H21N3O3. The molecule has 0 saturated heterocycles. The first-order valence-electron chi connectivity index (χ1n) is 7.69. The van der Waals surface area contributed by atoms with Gasteiger partial charge in [0.25, 0.3) is 5.91 Å². The first-order chi connectivity index (χ1) is 10.1. The van der Waals surface area contributed by atoms with E-state index < -0.39 is 11.5 Å². The number of carboxylic acids is 1. The minimum absolute atomic E-state index is 0.00219. The van der Waals surface area contributed by atoms with E-state index in [1.165, 1.54) is 0 Å². The second-order valence-electron chi connectivity index (χ2n) is 6.20. The Labute approximate surface area is 123 Å². The van der Waals surface area contributed by atoms with Crippen LogP contribution in [-0.2, 0) is 17.8 Å². The molecule has 3 rings (SSSR count). The topological polar surface area (TPSA) is 84.2 Å². The van der Waals surface area contributed by atoms with Gasteiger partial charge in [-0.3, -0.25) is 14.3 Å². The van der Waals surface area contributed by atoms with Crippen molar-refractivity contribution in [2.45, 2.75) is 63.5 Å². The van der Waals surface area contributed by atoms with Crippen molar-refractivity contribution in [2.75, 3.05) is 0 Å². The lowest BCUT2D eigenvalue weighted by atomic mass is 9.92. The number of aliphatic carboxylic acids is 1. The van der Waals surface area contributed by atoms with E-state index in [4.69, 9.17) is 5.11 Å². The molecule has 6 nitrogen and oxygen atoms in total. The largest absolute Gasteiger partial charge is 0.481 e. The van der Waals surface area contributed by atoms with Crippen LogP contribution in [0.4, 0.5) is 0 Å². The van der Waals surface area contributed by atoms with Gasteiger partial charge in [0.15, 0.2) is 0 Å². The number of amides is 1. The van der Waals surface area contributed by atoms with E-state index in [1.807, 2.05) is 4.68 Å². The summed E-state index contributed by atoms with van der Waals surface area (Å²) < 4.78 is 1.90. The van der Waals surface area contributed by atoms with Gasteiger partial charge < -0.3 is 10.4 Å². The van der Waals surface area contributed by atoms with Crippen LogP contribution in [0.2, 0.25) is 0 Å². The monoisotopic (exact) mass is 291 g/mol. The molecule has 0 unspecified atom stereocenters. The Bertz CT molecular complexity index is 559. The van der Waals surface area contributed by atoms with Crippen molar-refractivity contribution >= 4 is 11.9 Å². The van der Waals surface area contributed by atoms with Gasteiger partial charge in [-0.25, -0.2) is 0 Å². The number of hydrogen-bond donors (Lipinski definition) is 2. The molecule has 0 aromatic carbocycles. The van der Waals surface area contributed by atoms with Crippen molar-refractivity contribution in [3.63, 3.8) is 0 Å². The van der Waals surface area contributed by atoms with E-state index in [0.29, 0.717) is 5.56 Å². The summed E-state index contributed by atoms with van der Waals surface area (Å²) in [5.41, 5.74) is 1.03. The highest BCUT2D eigenvalue weighted by Crippen LogP contribution is 2.33. The number of carbonyl (C=O) groups excluding carboxylic acids is 1. The summed E-state index contributed by atoms with van der Waals surface area (Å²) in [5, 5.41) is 16.4. The number of aromatic nitrogens is 2. The first-order valence-corrected chi connectivity index (χ1v) is 7.69. The molecule has 2 aliphatic rings. The highest BCUT2D eigenvalue weighted by molar-refractivity contribution is 5.96. The van der Waals surface area contributed by atoms with E-state index in [0.717, 1.165) is 57.2 Å². The zero-order valence-corrected chi connectivity index (χ0v) is 12.1. The van der Waals surface area contributed by atoms with Crippen LogP contribution in [0, 0.1) is 0 Å². The summed E-state index contributed by atoms with van der Waals surface area (Å²) in [4.78, 5) is 23.7. The maximum absolute atomic E-state index is 12.6. The second-order valence-corrected chi connectivity index (χ2v) is 6.20. The minimum atomic E-state index is -0.853. The minimum Gasteiger partial charge on any atom is -0.481 e. The normalized spacial score (nSPS) is 20.0. The van der Waals surface area contributed by atoms with Crippen LogP contribution >= 0.6 is 0 Å². The van der Waals surface area contributed by atoms with Crippen LogP contribution in [0.1, 0.15) is 61.0 Å². The van der Waals surface area contributed by atoms with Gasteiger partial charge in [-0.15, -0.1) is 0 Å². The predicted octanol–water partition coefficient (Wildman–Crippen LogP) is 1.74. The van der Waals surface area contributed by atoms with Gasteiger partial charge in [0.05, 0.1) is 29.4 Å². The van der Waals surface area contributed by atoms with Crippen molar-refractivity contribution < 1.29 is 14.7 Å². The summed E-state index contributed by atoms with van der Waals surface area (Å²) in [6, 6.07) is 0. The third-order valence-corrected chi connectivity index (χ3v) is 4.66. The predicted molar refractivity (Wildman–Crippen MR) is 76.1 cm³/mol. The molecule has 0 bridgehead atoms. The summed E-state index contributed by atoms with van der Waals surface area (Å²) >= 11 is 0. The number of rotatable bonds is 4. The molecule has 6 heteroatoms. The lowest BCUT2D eigenvalue weighted by Crippen LogP contribution is -2.48. The molecule has 21 heavy (non-hydrogen) atoms. The maximum atomic E-state index is 12.6. The molecule has 2 N–H and O–H groups in total. The Morgan fingerprint density at radius 2 is 2.05 bits per heavy atom. The van der Waals surface area contributed by atoms with Gasteiger partial charge in [0.2, 0.25) is 0 Å². The van der Waals surface area contributed by atoms with Crippen molar-refractivity contribution in [2.24, 2.45) is 0 Å². The lowest BCUT2D eigenvalue weighted by Gasteiger charge is -2.28. The first kappa shape index (κ1) is 14.1. The Kier molecular flexibility index (Phi) is 3.69. The van der Waals surface area contributed by atoms with Gasteiger partial charge in [0.1, 0.15) is 0 Å². The average Bonchev–Trinajstić information content (AvgIpc) is 3.04. The SMILES string of the molecule is O=C(O)CC1(NC(=O)c2cnn3c2CCCC3)CCCC1. The van der Waals surface area contributed by atoms with Crippen molar-refractivity contribution in [3.05, 3.63) is 17.5 Å². The zero-order valence-electron chi connectivity index (χ0n) is 12.1. The smallest absolute Gasteiger partial charge is 0.305 e. The van der Waals surface area contributed by atoms with Gasteiger partial charge in [-0.05, 0) is 32.1 Å². The molecule has 1 aliphatic heterocycles. The van der Waals surface area contributed by atoms with Crippen LogP contribution in [0.3, 0.4) is 0 Å². The summed E-state index contributed by atoms with van der Waals surface area (Å²) in [6.45, 7) is 0.864. The highest BCUT2D eigenvalue weighted by Gasteiger charge is 2.38. The molecule has 2 heterocycles. The fourth-order valence-corrected chi connectivity index (χ4v) is 3.61. The Morgan fingerprint density at radius 3 is 2.76 bits per heavy atom. The Balaban J connectivity index is 1.78. The lowest BCUT2D eigenvalue weighted by molar-refractivity contribution is -0.138. The van der Waals surface area contributed by atoms with E-state index >= 15 is 0 Å². The molecule has 0 atom stereocenters. The van der Waals surface area contributed by atoms with Crippen molar-refractivity contribution in [1.29, 1.82) is 0 Å². The number of hydrogen-bond acceptors (Lipinski definition) is 3. The van der Waals surface area contributed by atoms with Gasteiger partial charge in [0, 0.05) is 6.54 Å². The van der Waals surface area contributed by atoms with E-state index in [2.05, 4.69) is 10.4 Å². The number of aryl methyl sites for hydroxylation is 1. The number of nitrogens with zero attached hydrogens (tertiary/aromatic N) is 2. The van der Waals surface area contributed by atoms with Crippen LogP contribution in [0.15, 0.2) is 6.20 Å². The van der Waals surface area contributed by atoms with Crippen molar-refractivity contribution in [1.82, 2.24) is 15.1 Å². The molecule has 1 aliphatic carbocycles. The number of nitrogens with one attached hydrogen (secondary N) is 1. The summed E-state index contributed by atoms with van der Waals surface area (Å²) in [6.07, 6.45) is 8.10. The third kappa shape index (κ3) is 2.80. The summed E-state index contributed by atoms with van der Waals surface area (Å²) in [5.74, 6) is -1.02. The fraction of sp³-hybridized carbons (Fsp3) is 0.667. The molecule has 1 fully saturated rings. The molecule has 0 radical (unpaired) electrons. The average molecular weight is 291 g/mol. The highest BCUT2D eigenvalue weighted by atomic mass is 16.4. The third-order valence-electron chi connectivity index (χ3n) is 4.66. The molecule has 1 saturated carbocycles. The van der Waals surface area contributed by atoms with Gasteiger partial charge in [-0.1, -0.05) is 12.8 Å². The summed E-state index contributed by atoms with van der Waals surface area (Å²) in [7, 11) is 0. The molecule has 1 aromatic rings. The van der Waals surface area contributed by atoms with E-state index in [9.17, 15) is 9.59 Å². The number of fused-ring (bicyclic) bond motifs is 1. The Morgan fingerprint density at radius 1 is 1.29 bits per heavy atom. The molecule has 1 amide bonds. The van der Waals surface area contributed by atoms with E-state index in [1.54, 1.807) is 6.20 Å². The van der Waals surface area contributed by atoms with Gasteiger partial charge in [-0.2, -0.15) is 5.10 Å². The van der Waals surface area contributed by atoms with Gasteiger partial charge >= 0.3 is 5.97 Å². The zero-order chi connectivity index (χ0) is 14.9. The molecular weight excluding hydrogens is 270 g/mol. The number of carbonyl (C=O) groups is 2. The maximum Gasteiger partial charge on any atom is 0.305 e. The van der Waals surface area contributed by atoms with Crippen molar-refractivity contribution in [3.8, 4) is 0 Å². The second kappa shape index (κ2) is 5.50. The quantitative estimate of drug-likeness (QED) is 0.885.